The summed E-state index contributed by atoms with van der Waals surface area (Å²) in [6.45, 7) is 4.55. The molecule has 3 heteroatoms. The van der Waals surface area contributed by atoms with Gasteiger partial charge in [-0.15, -0.1) is 0 Å². The molecule has 0 aromatic heterocycles. The largest absolute Gasteiger partial charge is 0.346 e. The van der Waals surface area contributed by atoms with Crippen molar-refractivity contribution in [3.05, 3.63) is 48.6 Å². The zero-order valence-electron chi connectivity index (χ0n) is 33.8. The highest BCUT2D eigenvalue weighted by Crippen LogP contribution is 2.64. The number of hydrogen-bond acceptors (Lipinski definition) is 3. The Hall–Kier alpha value is -1.16. The van der Waals surface area contributed by atoms with Crippen LogP contribution in [0.2, 0.25) is 0 Å². The standard InChI is InChI=1S/C47H83NO2/c1-5-7-9-11-13-15-17-19-21-23-25-27-29-31-33-35-39-47(49-44-38-37-43(48(3)4)41-46(44)42-45(46)50-47)40-36-34-32-30-28-26-24-22-20-18-16-14-12-10-8-6-2/h13-16,19-22,43-45H,5-12,17-18,23-42H2,1-4H3/b15-13-,16-14-,21-19-,22-20-/t43-,44-,45?,46?/m1/s1. The molecule has 0 aromatic rings. The molecule has 0 radical (unpaired) electrons. The fourth-order valence-corrected chi connectivity index (χ4v) is 8.59. The van der Waals surface area contributed by atoms with Crippen LogP contribution in [0.15, 0.2) is 48.6 Å². The highest BCUT2D eigenvalue weighted by molar-refractivity contribution is 5.16. The maximum Gasteiger partial charge on any atom is 0.169 e. The molecule has 4 atom stereocenters. The molecule has 50 heavy (non-hydrogen) atoms. The molecule has 288 valence electrons. The highest BCUT2D eigenvalue weighted by Gasteiger charge is 2.68. The van der Waals surface area contributed by atoms with Crippen LogP contribution in [0.3, 0.4) is 0 Å². The molecule has 0 bridgehead atoms. The van der Waals surface area contributed by atoms with E-state index in [0.29, 0.717) is 23.7 Å². The monoisotopic (exact) mass is 694 g/mol. The molecule has 3 nitrogen and oxygen atoms in total. The van der Waals surface area contributed by atoms with E-state index in [1.807, 2.05) is 0 Å². The predicted octanol–water partition coefficient (Wildman–Crippen LogP) is 14.4. The van der Waals surface area contributed by atoms with Crippen molar-refractivity contribution < 1.29 is 9.47 Å². The van der Waals surface area contributed by atoms with E-state index in [2.05, 4.69) is 81.5 Å². The number of hydrogen-bond donors (Lipinski definition) is 0. The normalized spacial score (nSPS) is 24.7. The van der Waals surface area contributed by atoms with Crippen LogP contribution in [0.5, 0.6) is 0 Å². The summed E-state index contributed by atoms with van der Waals surface area (Å²) in [6, 6.07) is 0.691. The van der Waals surface area contributed by atoms with E-state index in [1.165, 1.54) is 167 Å². The van der Waals surface area contributed by atoms with Gasteiger partial charge in [-0.1, -0.05) is 140 Å². The van der Waals surface area contributed by atoms with E-state index in [4.69, 9.17) is 9.47 Å². The quantitative estimate of drug-likeness (QED) is 0.0533. The maximum absolute atomic E-state index is 7.13. The van der Waals surface area contributed by atoms with Crippen LogP contribution in [-0.4, -0.2) is 43.0 Å². The minimum absolute atomic E-state index is 0.315. The van der Waals surface area contributed by atoms with Gasteiger partial charge in [-0.2, -0.15) is 0 Å². The van der Waals surface area contributed by atoms with Crippen LogP contribution in [0.1, 0.15) is 206 Å². The first-order valence-corrected chi connectivity index (χ1v) is 22.2. The Morgan fingerprint density at radius 2 is 0.900 bits per heavy atom. The summed E-state index contributed by atoms with van der Waals surface area (Å²) in [5.74, 6) is -0.315. The van der Waals surface area contributed by atoms with Gasteiger partial charge in [0.05, 0.1) is 12.2 Å². The van der Waals surface area contributed by atoms with Gasteiger partial charge in [-0.05, 0) is 117 Å². The third kappa shape index (κ3) is 17.1. The molecule has 2 unspecified atom stereocenters. The second kappa shape index (κ2) is 26.6. The molecule has 0 amide bonds. The summed E-state index contributed by atoms with van der Waals surface area (Å²) in [4.78, 5) is 2.44. The van der Waals surface area contributed by atoms with Crippen molar-refractivity contribution in [2.75, 3.05) is 14.1 Å². The van der Waals surface area contributed by atoms with Gasteiger partial charge in [-0.3, -0.25) is 0 Å². The number of nitrogens with zero attached hydrogens (tertiary/aromatic N) is 1. The molecule has 0 aromatic carbocycles. The molecule has 1 aliphatic heterocycles. The first-order chi connectivity index (χ1) is 24.6. The van der Waals surface area contributed by atoms with E-state index in [1.54, 1.807) is 0 Å². The highest BCUT2D eigenvalue weighted by atomic mass is 16.7. The topological polar surface area (TPSA) is 21.7 Å². The van der Waals surface area contributed by atoms with Crippen LogP contribution in [0, 0.1) is 5.41 Å². The Morgan fingerprint density at radius 1 is 0.480 bits per heavy atom. The van der Waals surface area contributed by atoms with Gasteiger partial charge < -0.3 is 14.4 Å². The average Bonchev–Trinajstić information content (AvgIpc) is 3.82. The Bertz CT molecular complexity index is 901. The number of allylic oxidation sites excluding steroid dienone is 8. The SMILES string of the molecule is CCCCC/C=C\C/C=C\CCCCCCCCC1(CCCCCCCC/C=C\C/C=C\CCCCC)OC2CC23C[C@H](N(C)C)CC[C@H]3O1. The van der Waals surface area contributed by atoms with Crippen molar-refractivity contribution >= 4 is 0 Å². The molecule has 2 saturated carbocycles. The minimum atomic E-state index is -0.315. The van der Waals surface area contributed by atoms with Gasteiger partial charge in [0.25, 0.3) is 0 Å². The van der Waals surface area contributed by atoms with Crippen LogP contribution >= 0.6 is 0 Å². The zero-order valence-corrected chi connectivity index (χ0v) is 33.8. The molecule has 3 fully saturated rings. The van der Waals surface area contributed by atoms with Gasteiger partial charge in [0.1, 0.15) is 0 Å². The maximum atomic E-state index is 7.13. The second-order valence-electron chi connectivity index (χ2n) is 16.6. The lowest BCUT2D eigenvalue weighted by atomic mass is 9.78. The van der Waals surface area contributed by atoms with E-state index in [9.17, 15) is 0 Å². The lowest BCUT2D eigenvalue weighted by Crippen LogP contribution is -2.53. The average molecular weight is 694 g/mol. The fraction of sp³-hybridized carbons (Fsp3) is 0.830. The number of ether oxygens (including phenoxy) is 2. The molecule has 1 heterocycles. The second-order valence-corrected chi connectivity index (χ2v) is 16.6. The van der Waals surface area contributed by atoms with E-state index >= 15 is 0 Å². The van der Waals surface area contributed by atoms with Crippen molar-refractivity contribution in [3.8, 4) is 0 Å². The third-order valence-electron chi connectivity index (χ3n) is 12.0. The van der Waals surface area contributed by atoms with Crippen molar-refractivity contribution in [2.24, 2.45) is 5.41 Å². The minimum Gasteiger partial charge on any atom is -0.346 e. The third-order valence-corrected chi connectivity index (χ3v) is 12.0. The molecular formula is C47H83NO2. The first-order valence-electron chi connectivity index (χ1n) is 22.2. The number of rotatable bonds is 31. The van der Waals surface area contributed by atoms with Crippen LogP contribution in [0.4, 0.5) is 0 Å². The molecule has 0 N–H and O–H groups in total. The summed E-state index contributed by atoms with van der Waals surface area (Å²) in [7, 11) is 4.51. The Morgan fingerprint density at radius 3 is 1.36 bits per heavy atom. The summed E-state index contributed by atoms with van der Waals surface area (Å²) >= 11 is 0. The van der Waals surface area contributed by atoms with Crippen molar-refractivity contribution in [3.63, 3.8) is 0 Å². The van der Waals surface area contributed by atoms with Crippen LogP contribution in [0.25, 0.3) is 0 Å². The summed E-state index contributed by atoms with van der Waals surface area (Å²) in [5, 5.41) is 0. The predicted molar refractivity (Wildman–Crippen MR) is 219 cm³/mol. The fourth-order valence-electron chi connectivity index (χ4n) is 8.59. The van der Waals surface area contributed by atoms with Crippen molar-refractivity contribution in [2.45, 2.75) is 231 Å². The molecule has 1 saturated heterocycles. The summed E-state index contributed by atoms with van der Waals surface area (Å²) < 4.78 is 14.2. The molecule has 1 spiro atoms. The van der Waals surface area contributed by atoms with Gasteiger partial charge >= 0.3 is 0 Å². The smallest absolute Gasteiger partial charge is 0.169 e. The van der Waals surface area contributed by atoms with Gasteiger partial charge in [0.2, 0.25) is 0 Å². The zero-order chi connectivity index (χ0) is 35.6. The lowest BCUT2D eigenvalue weighted by Gasteiger charge is -2.49. The van der Waals surface area contributed by atoms with Gasteiger partial charge in [0, 0.05) is 24.3 Å². The van der Waals surface area contributed by atoms with Gasteiger partial charge in [0.15, 0.2) is 5.79 Å². The summed E-state index contributed by atoms with van der Waals surface area (Å²) in [6.07, 6.45) is 58.2. The molecular weight excluding hydrogens is 611 g/mol. The Labute approximate surface area is 312 Å². The van der Waals surface area contributed by atoms with Gasteiger partial charge in [-0.25, -0.2) is 0 Å². The van der Waals surface area contributed by atoms with E-state index in [0.717, 1.165) is 25.7 Å². The molecule has 3 aliphatic rings. The van der Waals surface area contributed by atoms with E-state index in [-0.39, 0.29) is 5.79 Å². The summed E-state index contributed by atoms with van der Waals surface area (Å²) in [5.41, 5.74) is 0.315. The Kier molecular flexibility index (Phi) is 23.0. The number of unbranched alkanes of at least 4 members (excludes halogenated alkanes) is 18. The van der Waals surface area contributed by atoms with Crippen molar-refractivity contribution in [1.82, 2.24) is 4.90 Å². The van der Waals surface area contributed by atoms with Crippen molar-refractivity contribution in [1.29, 1.82) is 0 Å². The van der Waals surface area contributed by atoms with Crippen LogP contribution in [-0.2, 0) is 9.47 Å². The lowest BCUT2D eigenvalue weighted by molar-refractivity contribution is -0.325. The first kappa shape index (κ1) is 43.2. The molecule has 3 rings (SSSR count). The molecule has 2 aliphatic carbocycles. The van der Waals surface area contributed by atoms with Crippen LogP contribution < -0.4 is 0 Å². The van der Waals surface area contributed by atoms with E-state index < -0.39 is 0 Å². The Balaban J connectivity index is 1.29.